The predicted molar refractivity (Wildman–Crippen MR) is 138 cm³/mol. The fourth-order valence-corrected chi connectivity index (χ4v) is 3.50. The van der Waals surface area contributed by atoms with Gasteiger partial charge in [-0.25, -0.2) is 4.98 Å². The number of amidine groups is 1. The molecule has 9 heteroatoms. The standard InChI is InChI=1S/C24H24IN5O3/c1-30(2)22(26)16-7-9-17(10-8-16)23(31)29-21-18(12-15(14-25)13-19(21)33-3)24(32)28-20-6-4-5-11-27-20/h4-13,26H,14H2,1-3H3,(H,29,31)(H,27,28,32). The molecule has 1 aromatic heterocycles. The van der Waals surface area contributed by atoms with Crippen molar-refractivity contribution in [2.24, 2.45) is 0 Å². The lowest BCUT2D eigenvalue weighted by Gasteiger charge is -2.17. The van der Waals surface area contributed by atoms with Crippen LogP contribution < -0.4 is 15.4 Å². The van der Waals surface area contributed by atoms with Gasteiger partial charge in [0.15, 0.2) is 0 Å². The summed E-state index contributed by atoms with van der Waals surface area (Å²) < 4.78 is 6.15. The molecule has 0 unspecified atom stereocenters. The Morgan fingerprint density at radius 2 is 1.73 bits per heavy atom. The number of methoxy groups -OCH3 is 1. The van der Waals surface area contributed by atoms with E-state index in [9.17, 15) is 9.59 Å². The Morgan fingerprint density at radius 1 is 1.03 bits per heavy atom. The van der Waals surface area contributed by atoms with Gasteiger partial charge in [-0.05, 0) is 42.0 Å². The zero-order chi connectivity index (χ0) is 24.0. The molecule has 0 aliphatic heterocycles. The maximum Gasteiger partial charge on any atom is 0.259 e. The molecule has 0 atom stereocenters. The Bertz CT molecular complexity index is 1160. The number of anilines is 2. The Morgan fingerprint density at radius 3 is 2.30 bits per heavy atom. The molecule has 0 saturated heterocycles. The van der Waals surface area contributed by atoms with Crippen LogP contribution in [0.5, 0.6) is 5.75 Å². The van der Waals surface area contributed by atoms with Gasteiger partial charge in [0.05, 0.1) is 18.4 Å². The van der Waals surface area contributed by atoms with E-state index < -0.39 is 11.8 Å². The SMILES string of the molecule is COc1cc(CI)cc(C(=O)Nc2ccccn2)c1NC(=O)c1ccc(C(=N)N(C)C)cc1. The highest BCUT2D eigenvalue weighted by Gasteiger charge is 2.21. The largest absolute Gasteiger partial charge is 0.495 e. The molecule has 0 fully saturated rings. The van der Waals surface area contributed by atoms with E-state index in [1.807, 2.05) is 0 Å². The van der Waals surface area contributed by atoms with Gasteiger partial charge in [-0.2, -0.15) is 0 Å². The molecule has 3 aromatic rings. The summed E-state index contributed by atoms with van der Waals surface area (Å²) >= 11 is 2.20. The first kappa shape index (κ1) is 24.2. The third kappa shape index (κ3) is 5.86. The zero-order valence-electron chi connectivity index (χ0n) is 18.5. The third-order valence-electron chi connectivity index (χ3n) is 4.79. The molecule has 8 nitrogen and oxygen atoms in total. The molecule has 0 aliphatic rings. The lowest BCUT2D eigenvalue weighted by atomic mass is 10.1. The van der Waals surface area contributed by atoms with Gasteiger partial charge in [-0.3, -0.25) is 15.0 Å². The highest BCUT2D eigenvalue weighted by Crippen LogP contribution is 2.32. The molecule has 0 spiro atoms. The summed E-state index contributed by atoms with van der Waals surface area (Å²) in [5.41, 5.74) is 2.50. The number of carbonyl (C=O) groups excluding carboxylic acids is 2. The molecule has 2 aromatic carbocycles. The van der Waals surface area contributed by atoms with Crippen LogP contribution in [-0.2, 0) is 4.43 Å². The van der Waals surface area contributed by atoms with Crippen molar-refractivity contribution in [1.82, 2.24) is 9.88 Å². The molecule has 3 N–H and O–H groups in total. The fraction of sp³-hybridized carbons (Fsp3) is 0.167. The minimum absolute atomic E-state index is 0.269. The number of amides is 2. The van der Waals surface area contributed by atoms with E-state index in [4.69, 9.17) is 10.1 Å². The van der Waals surface area contributed by atoms with Crippen LogP contribution in [0.2, 0.25) is 0 Å². The molecule has 1 heterocycles. The molecule has 0 saturated carbocycles. The fourth-order valence-electron chi connectivity index (χ4n) is 3.06. The molecule has 0 bridgehead atoms. The normalized spacial score (nSPS) is 10.3. The summed E-state index contributed by atoms with van der Waals surface area (Å²) in [6.45, 7) is 0. The van der Waals surface area contributed by atoms with Crippen molar-refractivity contribution in [2.45, 2.75) is 4.43 Å². The summed E-state index contributed by atoms with van der Waals surface area (Å²) in [7, 11) is 5.06. The highest BCUT2D eigenvalue weighted by molar-refractivity contribution is 14.1. The van der Waals surface area contributed by atoms with Crippen LogP contribution in [0.25, 0.3) is 0 Å². The summed E-state index contributed by atoms with van der Waals surface area (Å²) in [4.78, 5) is 31.9. The predicted octanol–water partition coefficient (Wildman–Crippen LogP) is 4.42. The second-order valence-corrected chi connectivity index (χ2v) is 8.06. The van der Waals surface area contributed by atoms with Crippen LogP contribution in [0.4, 0.5) is 11.5 Å². The quantitative estimate of drug-likeness (QED) is 0.173. The van der Waals surface area contributed by atoms with Crippen molar-refractivity contribution in [3.63, 3.8) is 0 Å². The van der Waals surface area contributed by atoms with Gasteiger partial charge in [0.1, 0.15) is 17.4 Å². The second kappa shape index (κ2) is 10.9. The number of nitrogens with one attached hydrogen (secondary N) is 3. The topological polar surface area (TPSA) is 107 Å². The number of ether oxygens (including phenoxy) is 1. The van der Waals surface area contributed by atoms with Crippen LogP contribution >= 0.6 is 22.6 Å². The van der Waals surface area contributed by atoms with Crippen LogP contribution in [-0.4, -0.2) is 48.7 Å². The number of aromatic nitrogens is 1. The Balaban J connectivity index is 1.93. The van der Waals surface area contributed by atoms with Crippen LogP contribution in [0, 0.1) is 5.41 Å². The van der Waals surface area contributed by atoms with E-state index in [0.29, 0.717) is 33.0 Å². The van der Waals surface area contributed by atoms with Crippen molar-refractivity contribution >= 4 is 51.7 Å². The maximum atomic E-state index is 13.1. The summed E-state index contributed by atoms with van der Waals surface area (Å²) in [5.74, 6) is 0.313. The Kier molecular flexibility index (Phi) is 7.99. The third-order valence-corrected chi connectivity index (χ3v) is 5.67. The van der Waals surface area contributed by atoms with E-state index in [2.05, 4.69) is 38.2 Å². The van der Waals surface area contributed by atoms with Crippen LogP contribution in [0.1, 0.15) is 31.8 Å². The monoisotopic (exact) mass is 557 g/mol. The summed E-state index contributed by atoms with van der Waals surface area (Å²) in [6.07, 6.45) is 1.58. The first-order valence-electron chi connectivity index (χ1n) is 10.0. The minimum atomic E-state index is -0.413. The molecule has 3 rings (SSSR count). The number of rotatable bonds is 7. The molecule has 0 aliphatic carbocycles. The van der Waals surface area contributed by atoms with Crippen LogP contribution in [0.15, 0.2) is 60.8 Å². The number of hydrogen-bond donors (Lipinski definition) is 3. The van der Waals surface area contributed by atoms with Crippen molar-refractivity contribution in [3.8, 4) is 5.75 Å². The van der Waals surface area contributed by atoms with Gasteiger partial charge in [-0.1, -0.05) is 40.8 Å². The van der Waals surface area contributed by atoms with E-state index in [-0.39, 0.29) is 11.3 Å². The number of hydrogen-bond acceptors (Lipinski definition) is 5. The molecule has 33 heavy (non-hydrogen) atoms. The zero-order valence-corrected chi connectivity index (χ0v) is 20.6. The van der Waals surface area contributed by atoms with E-state index in [0.717, 1.165) is 5.56 Å². The number of benzene rings is 2. The summed E-state index contributed by atoms with van der Waals surface area (Å²) in [6, 6.07) is 15.4. The van der Waals surface area contributed by atoms with Gasteiger partial charge < -0.3 is 20.3 Å². The number of carbonyl (C=O) groups is 2. The Hall–Kier alpha value is -3.47. The number of pyridine rings is 1. The molecular weight excluding hydrogens is 533 g/mol. The van der Waals surface area contributed by atoms with Gasteiger partial charge in [0, 0.05) is 35.8 Å². The van der Waals surface area contributed by atoms with E-state index in [1.165, 1.54) is 7.11 Å². The van der Waals surface area contributed by atoms with Crippen molar-refractivity contribution in [2.75, 3.05) is 31.8 Å². The average Bonchev–Trinajstić information content (AvgIpc) is 2.84. The van der Waals surface area contributed by atoms with Crippen LogP contribution in [0.3, 0.4) is 0 Å². The number of alkyl halides is 1. The first-order valence-corrected chi connectivity index (χ1v) is 11.5. The van der Waals surface area contributed by atoms with Crippen molar-refractivity contribution in [3.05, 3.63) is 83.0 Å². The lowest BCUT2D eigenvalue weighted by molar-refractivity contribution is 0.102. The van der Waals surface area contributed by atoms with Gasteiger partial charge >= 0.3 is 0 Å². The Labute approximate surface area is 206 Å². The average molecular weight is 557 g/mol. The van der Waals surface area contributed by atoms with E-state index in [1.54, 1.807) is 79.8 Å². The van der Waals surface area contributed by atoms with Crippen molar-refractivity contribution in [1.29, 1.82) is 5.41 Å². The number of nitrogens with zero attached hydrogens (tertiary/aromatic N) is 2. The number of halogens is 1. The van der Waals surface area contributed by atoms with Gasteiger partial charge in [0.25, 0.3) is 11.8 Å². The molecule has 0 radical (unpaired) electrons. The minimum Gasteiger partial charge on any atom is -0.495 e. The molecular formula is C24H24IN5O3. The lowest BCUT2D eigenvalue weighted by Crippen LogP contribution is -2.22. The van der Waals surface area contributed by atoms with E-state index >= 15 is 0 Å². The molecule has 2 amide bonds. The molecule has 170 valence electrons. The van der Waals surface area contributed by atoms with Gasteiger partial charge in [-0.15, -0.1) is 0 Å². The second-order valence-electron chi connectivity index (χ2n) is 7.30. The van der Waals surface area contributed by atoms with Gasteiger partial charge in [0.2, 0.25) is 0 Å². The smallest absolute Gasteiger partial charge is 0.259 e. The maximum absolute atomic E-state index is 13.1. The first-order chi connectivity index (χ1) is 15.8. The highest BCUT2D eigenvalue weighted by atomic mass is 127. The van der Waals surface area contributed by atoms with Crippen molar-refractivity contribution < 1.29 is 14.3 Å². The summed E-state index contributed by atoms with van der Waals surface area (Å²) in [5, 5.41) is 13.6.